The summed E-state index contributed by atoms with van der Waals surface area (Å²) in [4.78, 5) is 26.0. The van der Waals surface area contributed by atoms with E-state index in [2.05, 4.69) is 10.3 Å². The lowest BCUT2D eigenvalue weighted by Crippen LogP contribution is -1.98. The Balaban J connectivity index is 1.95. The molecule has 0 amide bonds. The molecule has 0 spiro atoms. The molecule has 3 aromatic rings. The SMILES string of the molecule is COc1cc([N+](=O)[O-])c(Cl)cc1N/C=C(\C=O)c1nc2ccccc2o1. The number of nitrogens with zero attached hydrogens (tertiary/aromatic N) is 2. The third-order valence-corrected chi connectivity index (χ3v) is 3.82. The number of nitrogens with one attached hydrogen (secondary N) is 1. The number of anilines is 1. The average Bonchev–Trinajstić information content (AvgIpc) is 3.06. The summed E-state index contributed by atoms with van der Waals surface area (Å²) in [5.74, 6) is 0.334. The van der Waals surface area contributed by atoms with E-state index < -0.39 is 4.92 Å². The second-order valence-corrected chi connectivity index (χ2v) is 5.52. The first-order valence-corrected chi connectivity index (χ1v) is 7.71. The highest BCUT2D eigenvalue weighted by Gasteiger charge is 2.17. The van der Waals surface area contributed by atoms with Gasteiger partial charge in [-0.3, -0.25) is 14.9 Å². The van der Waals surface area contributed by atoms with Crippen LogP contribution in [0.1, 0.15) is 5.89 Å². The number of carbonyl (C=O) groups is 1. The van der Waals surface area contributed by atoms with Crippen LogP contribution in [0, 0.1) is 10.1 Å². The lowest BCUT2D eigenvalue weighted by atomic mass is 10.2. The quantitative estimate of drug-likeness (QED) is 0.300. The minimum Gasteiger partial charge on any atom is -0.494 e. The molecule has 0 atom stereocenters. The van der Waals surface area contributed by atoms with Crippen molar-refractivity contribution >= 4 is 45.9 Å². The average molecular weight is 374 g/mol. The van der Waals surface area contributed by atoms with Gasteiger partial charge < -0.3 is 14.5 Å². The molecule has 1 heterocycles. The molecule has 0 aliphatic rings. The van der Waals surface area contributed by atoms with E-state index in [-0.39, 0.29) is 27.9 Å². The zero-order valence-electron chi connectivity index (χ0n) is 13.4. The topological polar surface area (TPSA) is 108 Å². The van der Waals surface area contributed by atoms with Crippen LogP contribution in [-0.4, -0.2) is 23.3 Å². The Kier molecular flexibility index (Phi) is 4.85. The standard InChI is InChI=1S/C17H12ClN3O5/c1-25-16-7-14(21(23)24)11(18)6-13(16)19-8-10(9-22)17-20-12-4-2-3-5-15(12)26-17/h2-9,19H,1H3/b10-8+. The zero-order valence-corrected chi connectivity index (χ0v) is 14.2. The summed E-state index contributed by atoms with van der Waals surface area (Å²) < 4.78 is 10.7. The number of allylic oxidation sites excluding steroid dienone is 1. The van der Waals surface area contributed by atoms with Crippen molar-refractivity contribution in [1.29, 1.82) is 0 Å². The molecule has 3 rings (SSSR count). The second kappa shape index (κ2) is 7.24. The molecular weight excluding hydrogens is 362 g/mol. The van der Waals surface area contributed by atoms with Crippen molar-refractivity contribution in [3.05, 3.63) is 63.6 Å². The monoisotopic (exact) mass is 373 g/mol. The maximum atomic E-state index is 11.4. The van der Waals surface area contributed by atoms with Gasteiger partial charge >= 0.3 is 0 Å². The van der Waals surface area contributed by atoms with Gasteiger partial charge in [-0.2, -0.15) is 0 Å². The number of oxazole rings is 1. The van der Waals surface area contributed by atoms with Gasteiger partial charge in [0.15, 0.2) is 11.9 Å². The normalized spacial score (nSPS) is 11.4. The maximum absolute atomic E-state index is 11.4. The molecule has 132 valence electrons. The van der Waals surface area contributed by atoms with E-state index in [1.807, 2.05) is 0 Å². The fraction of sp³-hybridized carbons (Fsp3) is 0.0588. The van der Waals surface area contributed by atoms with Crippen molar-refractivity contribution in [3.8, 4) is 5.75 Å². The lowest BCUT2D eigenvalue weighted by molar-refractivity contribution is -0.384. The van der Waals surface area contributed by atoms with Crippen molar-refractivity contribution in [2.75, 3.05) is 12.4 Å². The highest BCUT2D eigenvalue weighted by molar-refractivity contribution is 6.33. The number of para-hydroxylation sites is 2. The first-order chi connectivity index (χ1) is 12.5. The Morgan fingerprint density at radius 1 is 1.38 bits per heavy atom. The third-order valence-electron chi connectivity index (χ3n) is 3.52. The van der Waals surface area contributed by atoms with Gasteiger partial charge in [0.25, 0.3) is 5.69 Å². The smallest absolute Gasteiger partial charge is 0.291 e. The predicted octanol–water partition coefficient (Wildman–Crippen LogP) is 4.05. The van der Waals surface area contributed by atoms with Crippen LogP contribution >= 0.6 is 11.6 Å². The molecule has 0 radical (unpaired) electrons. The Morgan fingerprint density at radius 2 is 2.15 bits per heavy atom. The van der Waals surface area contributed by atoms with Crippen molar-refractivity contribution in [3.63, 3.8) is 0 Å². The highest BCUT2D eigenvalue weighted by Crippen LogP contribution is 2.36. The van der Waals surface area contributed by atoms with Crippen LogP contribution in [0.3, 0.4) is 0 Å². The Morgan fingerprint density at radius 3 is 2.81 bits per heavy atom. The van der Waals surface area contributed by atoms with Crippen molar-refractivity contribution < 1.29 is 18.9 Å². The molecule has 9 heteroatoms. The van der Waals surface area contributed by atoms with E-state index in [4.69, 9.17) is 20.8 Å². The van der Waals surface area contributed by atoms with Crippen LogP contribution in [-0.2, 0) is 4.79 Å². The molecular formula is C17H12ClN3O5. The van der Waals surface area contributed by atoms with E-state index in [1.54, 1.807) is 24.3 Å². The van der Waals surface area contributed by atoms with Crippen LogP contribution in [0.15, 0.2) is 47.0 Å². The van der Waals surface area contributed by atoms with Crippen LogP contribution in [0.5, 0.6) is 5.75 Å². The number of nitro groups is 1. The van der Waals surface area contributed by atoms with E-state index in [9.17, 15) is 14.9 Å². The van der Waals surface area contributed by atoms with Gasteiger partial charge in [-0.1, -0.05) is 23.7 Å². The molecule has 0 bridgehead atoms. The molecule has 1 aromatic heterocycles. The lowest BCUT2D eigenvalue weighted by Gasteiger charge is -2.09. The highest BCUT2D eigenvalue weighted by atomic mass is 35.5. The summed E-state index contributed by atoms with van der Waals surface area (Å²) >= 11 is 5.91. The number of ether oxygens (including phenoxy) is 1. The summed E-state index contributed by atoms with van der Waals surface area (Å²) in [6.45, 7) is 0. The minimum atomic E-state index is -0.611. The minimum absolute atomic E-state index is 0.0683. The molecule has 0 saturated carbocycles. The number of aldehydes is 1. The fourth-order valence-electron chi connectivity index (χ4n) is 2.26. The van der Waals surface area contributed by atoms with Gasteiger partial charge in [0.05, 0.1) is 29.4 Å². The number of fused-ring (bicyclic) bond motifs is 1. The van der Waals surface area contributed by atoms with Gasteiger partial charge in [-0.05, 0) is 18.2 Å². The van der Waals surface area contributed by atoms with Crippen molar-refractivity contribution in [2.45, 2.75) is 0 Å². The summed E-state index contributed by atoms with van der Waals surface area (Å²) in [5, 5.41) is 13.7. The molecule has 0 fully saturated rings. The van der Waals surface area contributed by atoms with Crippen LogP contribution in [0.2, 0.25) is 5.02 Å². The maximum Gasteiger partial charge on any atom is 0.291 e. The molecule has 8 nitrogen and oxygen atoms in total. The number of hydrogen-bond acceptors (Lipinski definition) is 7. The Bertz CT molecular complexity index is 995. The second-order valence-electron chi connectivity index (χ2n) is 5.11. The van der Waals surface area contributed by atoms with Gasteiger partial charge in [0.2, 0.25) is 5.89 Å². The number of aromatic nitrogens is 1. The van der Waals surface area contributed by atoms with E-state index >= 15 is 0 Å². The number of benzene rings is 2. The summed E-state index contributed by atoms with van der Waals surface area (Å²) in [7, 11) is 1.36. The van der Waals surface area contributed by atoms with Gasteiger partial charge in [-0.25, -0.2) is 4.98 Å². The molecule has 0 aliphatic heterocycles. The van der Waals surface area contributed by atoms with Gasteiger partial charge in [-0.15, -0.1) is 0 Å². The number of nitro benzene ring substituents is 1. The summed E-state index contributed by atoms with van der Waals surface area (Å²) in [6.07, 6.45) is 1.94. The summed E-state index contributed by atoms with van der Waals surface area (Å²) in [6, 6.07) is 9.63. The zero-order chi connectivity index (χ0) is 18.7. The summed E-state index contributed by atoms with van der Waals surface area (Å²) in [5.41, 5.74) is 1.38. The predicted molar refractivity (Wildman–Crippen MR) is 96.3 cm³/mol. The number of methoxy groups -OCH3 is 1. The Hall–Kier alpha value is -3.39. The number of hydrogen-bond donors (Lipinski definition) is 1. The molecule has 0 saturated heterocycles. The van der Waals surface area contributed by atoms with Gasteiger partial charge in [0.1, 0.15) is 16.3 Å². The molecule has 2 aromatic carbocycles. The number of halogens is 1. The van der Waals surface area contributed by atoms with Crippen molar-refractivity contribution in [1.82, 2.24) is 4.98 Å². The van der Waals surface area contributed by atoms with Gasteiger partial charge in [0, 0.05) is 6.20 Å². The van der Waals surface area contributed by atoms with Crippen LogP contribution in [0.25, 0.3) is 16.7 Å². The van der Waals surface area contributed by atoms with E-state index in [0.717, 1.165) is 0 Å². The number of rotatable bonds is 6. The first kappa shape index (κ1) is 17.4. The van der Waals surface area contributed by atoms with Crippen molar-refractivity contribution in [2.24, 2.45) is 0 Å². The molecule has 0 aliphatic carbocycles. The first-order valence-electron chi connectivity index (χ1n) is 7.33. The fourth-order valence-corrected chi connectivity index (χ4v) is 2.49. The third kappa shape index (κ3) is 3.35. The van der Waals surface area contributed by atoms with Crippen LogP contribution < -0.4 is 10.1 Å². The molecule has 26 heavy (non-hydrogen) atoms. The van der Waals surface area contributed by atoms with Crippen LogP contribution in [0.4, 0.5) is 11.4 Å². The van der Waals surface area contributed by atoms with E-state index in [0.29, 0.717) is 23.1 Å². The molecule has 1 N–H and O–H groups in total. The van der Waals surface area contributed by atoms with E-state index in [1.165, 1.54) is 25.4 Å². The number of carbonyl (C=O) groups excluding carboxylic acids is 1. The largest absolute Gasteiger partial charge is 0.494 e. The Labute approximate surface area is 152 Å². The molecule has 0 unspecified atom stereocenters.